The Labute approximate surface area is 122 Å². The van der Waals surface area contributed by atoms with Crippen molar-refractivity contribution in [3.05, 3.63) is 0 Å². The quantitative estimate of drug-likeness (QED) is 0.340. The molecule has 4 nitrogen and oxygen atoms in total. The minimum atomic E-state index is -4.67. The van der Waals surface area contributed by atoms with E-state index in [0.717, 1.165) is 0 Å². The van der Waals surface area contributed by atoms with Crippen LogP contribution in [-0.4, -0.2) is 106 Å². The van der Waals surface area contributed by atoms with E-state index in [1.165, 1.54) is 0 Å². The van der Waals surface area contributed by atoms with E-state index in [2.05, 4.69) is 0 Å². The van der Waals surface area contributed by atoms with Crippen LogP contribution in [0.4, 0.5) is 0 Å². The van der Waals surface area contributed by atoms with Gasteiger partial charge in [-0.2, -0.15) is 8.42 Å². The predicted molar refractivity (Wildman–Crippen MR) is 42.4 cm³/mol. The maximum atomic E-state index is 8.74. The summed E-state index contributed by atoms with van der Waals surface area (Å²) in [6.07, 6.45) is 0. The second-order valence-electron chi connectivity index (χ2n) is 0.448. The summed E-state index contributed by atoms with van der Waals surface area (Å²) >= 11 is 0. The summed E-state index contributed by atoms with van der Waals surface area (Å²) in [4.78, 5) is 0. The van der Waals surface area contributed by atoms with E-state index < -0.39 is 10.4 Å². The molecule has 0 atom stereocenters. The Bertz CT molecular complexity index is 99.0. The van der Waals surface area contributed by atoms with Crippen LogP contribution in [0.15, 0.2) is 0 Å². The molecule has 0 fully saturated rings. The van der Waals surface area contributed by atoms with E-state index in [0.29, 0.717) is 0 Å². The van der Waals surface area contributed by atoms with Crippen LogP contribution in [0, 0.1) is 0 Å². The first-order chi connectivity index (χ1) is 2.00. The Morgan fingerprint density at radius 2 is 0.889 bits per heavy atom. The van der Waals surface area contributed by atoms with E-state index >= 15 is 0 Å². The standard InChI is InChI=1S/CH4.3Na.H2O4S.3H/c;;;;1-5(2,3)4;;;/h1H4;;;;(H2,1,2,3,4);;;. The van der Waals surface area contributed by atoms with Gasteiger partial charge < -0.3 is 0 Å². The molecule has 0 rings (SSSR count). The monoisotopic (exact) mass is 186 g/mol. The van der Waals surface area contributed by atoms with Crippen molar-refractivity contribution in [2.75, 3.05) is 0 Å². The second kappa shape index (κ2) is 13.5. The van der Waals surface area contributed by atoms with Crippen molar-refractivity contribution in [1.82, 2.24) is 0 Å². The Balaban J connectivity index is -0.0000000133. The van der Waals surface area contributed by atoms with Gasteiger partial charge in [0, 0.05) is 0 Å². The molecular formula is CH9Na3O4S. The summed E-state index contributed by atoms with van der Waals surface area (Å²) in [6.45, 7) is 0. The van der Waals surface area contributed by atoms with Gasteiger partial charge in [-0.15, -0.1) is 0 Å². The van der Waals surface area contributed by atoms with Crippen LogP contribution in [0.2, 0.25) is 0 Å². The van der Waals surface area contributed by atoms with Gasteiger partial charge in [-0.3, -0.25) is 9.11 Å². The molecule has 0 aromatic heterocycles. The topological polar surface area (TPSA) is 74.6 Å². The van der Waals surface area contributed by atoms with E-state index in [1.54, 1.807) is 0 Å². The average Bonchev–Trinajstić information content (AvgIpc) is 0.722. The van der Waals surface area contributed by atoms with Crippen molar-refractivity contribution in [1.29, 1.82) is 0 Å². The molecule has 0 unspecified atom stereocenters. The molecule has 0 aliphatic carbocycles. The summed E-state index contributed by atoms with van der Waals surface area (Å²) in [5, 5.41) is 0. The van der Waals surface area contributed by atoms with Crippen LogP contribution in [0.5, 0.6) is 0 Å². The maximum absolute atomic E-state index is 8.74. The molecule has 0 aromatic carbocycles. The fourth-order valence-electron chi connectivity index (χ4n) is 0. The molecule has 2 N–H and O–H groups in total. The van der Waals surface area contributed by atoms with Crippen LogP contribution in [0.3, 0.4) is 0 Å². The Hall–Kier alpha value is 2.87. The number of hydrogen-bond donors (Lipinski definition) is 2. The van der Waals surface area contributed by atoms with Crippen molar-refractivity contribution in [2.24, 2.45) is 0 Å². The average molecular weight is 186 g/mol. The van der Waals surface area contributed by atoms with Gasteiger partial charge >= 0.3 is 99.1 Å². The van der Waals surface area contributed by atoms with E-state index in [-0.39, 0.29) is 96.1 Å². The summed E-state index contributed by atoms with van der Waals surface area (Å²) in [7, 11) is -4.67. The zero-order valence-corrected chi connectivity index (χ0v) is 2.94. The third-order valence-electron chi connectivity index (χ3n) is 0. The molecule has 0 bridgehead atoms. The van der Waals surface area contributed by atoms with Gasteiger partial charge in [-0.05, 0) is 0 Å². The zero-order chi connectivity index (χ0) is 4.50. The third kappa shape index (κ3) is 104. The van der Waals surface area contributed by atoms with E-state index in [9.17, 15) is 0 Å². The van der Waals surface area contributed by atoms with Gasteiger partial charge in [0.1, 0.15) is 0 Å². The summed E-state index contributed by atoms with van der Waals surface area (Å²) in [5.74, 6) is 0. The molecule has 0 aliphatic heterocycles. The van der Waals surface area contributed by atoms with Crippen LogP contribution in [0.25, 0.3) is 0 Å². The van der Waals surface area contributed by atoms with Gasteiger partial charge in [0.15, 0.2) is 0 Å². The van der Waals surface area contributed by atoms with Gasteiger partial charge in [-0.1, -0.05) is 7.43 Å². The fourth-order valence-corrected chi connectivity index (χ4v) is 0. The van der Waals surface area contributed by atoms with Crippen LogP contribution >= 0.6 is 0 Å². The summed E-state index contributed by atoms with van der Waals surface area (Å²) < 4.78 is 31.6. The van der Waals surface area contributed by atoms with Crippen molar-refractivity contribution < 1.29 is 17.5 Å². The van der Waals surface area contributed by atoms with Crippen LogP contribution in [0.1, 0.15) is 7.43 Å². The zero-order valence-electron chi connectivity index (χ0n) is 2.12. The van der Waals surface area contributed by atoms with Crippen molar-refractivity contribution >= 4 is 99.1 Å². The SMILES string of the molecule is C.O=S(=O)(O)O.[NaH].[NaH].[NaH]. The Morgan fingerprint density at radius 3 is 0.889 bits per heavy atom. The Kier molecular flexibility index (Phi) is 44.4. The molecule has 0 saturated carbocycles. The molecular weight excluding hydrogens is 177 g/mol. The minimum absolute atomic E-state index is 0. The Morgan fingerprint density at radius 1 is 0.889 bits per heavy atom. The molecule has 0 saturated heterocycles. The molecule has 0 aliphatic rings. The van der Waals surface area contributed by atoms with E-state index in [4.69, 9.17) is 17.5 Å². The molecule has 46 valence electrons. The molecule has 0 amide bonds. The summed E-state index contributed by atoms with van der Waals surface area (Å²) in [6, 6.07) is 0. The van der Waals surface area contributed by atoms with Crippen molar-refractivity contribution in [3.63, 3.8) is 0 Å². The molecule has 0 radical (unpaired) electrons. The predicted octanol–water partition coefficient (Wildman–Crippen LogP) is -1.96. The van der Waals surface area contributed by atoms with Crippen LogP contribution < -0.4 is 0 Å². The molecule has 8 heteroatoms. The number of hydrogen-bond acceptors (Lipinski definition) is 2. The van der Waals surface area contributed by atoms with Crippen LogP contribution in [-0.2, 0) is 10.4 Å². The van der Waals surface area contributed by atoms with Gasteiger partial charge in [0.25, 0.3) is 0 Å². The fraction of sp³-hybridized carbons (Fsp3) is 1.00. The van der Waals surface area contributed by atoms with Gasteiger partial charge in [0.05, 0.1) is 0 Å². The first kappa shape index (κ1) is 29.7. The first-order valence-corrected chi connectivity index (χ1v) is 2.10. The molecule has 0 heterocycles. The molecule has 9 heavy (non-hydrogen) atoms. The normalized spacial score (nSPS) is 6.44. The van der Waals surface area contributed by atoms with Gasteiger partial charge in [0.2, 0.25) is 0 Å². The third-order valence-corrected chi connectivity index (χ3v) is 0. The van der Waals surface area contributed by atoms with Gasteiger partial charge in [-0.25, -0.2) is 0 Å². The molecule has 0 aromatic rings. The first-order valence-electron chi connectivity index (χ1n) is 0.698. The molecule has 0 spiro atoms. The number of rotatable bonds is 0. The van der Waals surface area contributed by atoms with Crippen molar-refractivity contribution in [2.45, 2.75) is 7.43 Å². The summed E-state index contributed by atoms with van der Waals surface area (Å²) in [5.41, 5.74) is 0. The second-order valence-corrected chi connectivity index (χ2v) is 1.34. The van der Waals surface area contributed by atoms with E-state index in [1.807, 2.05) is 0 Å². The van der Waals surface area contributed by atoms with Crippen molar-refractivity contribution in [3.8, 4) is 0 Å².